The summed E-state index contributed by atoms with van der Waals surface area (Å²) in [5, 5.41) is 2.01. The van der Waals surface area contributed by atoms with Crippen molar-refractivity contribution in [3.05, 3.63) is 58.8 Å². The first-order valence-electron chi connectivity index (χ1n) is 7.30. The van der Waals surface area contributed by atoms with Crippen molar-refractivity contribution in [2.24, 2.45) is 0 Å². The number of rotatable bonds is 8. The smallest absolute Gasteiger partial charge is 0.227 e. The number of methoxy groups -OCH3 is 2. The number of ether oxygens (including phenoxy) is 2. The average molecular weight is 331 g/mol. The van der Waals surface area contributed by atoms with Gasteiger partial charge < -0.3 is 14.4 Å². The molecule has 0 spiro atoms. The molecule has 0 saturated carbocycles. The van der Waals surface area contributed by atoms with Gasteiger partial charge in [0.05, 0.1) is 27.2 Å². The maximum Gasteiger partial charge on any atom is 0.227 e. The Labute approximate surface area is 141 Å². The minimum Gasteiger partial charge on any atom is -0.493 e. The lowest BCUT2D eigenvalue weighted by Crippen LogP contribution is -2.31. The van der Waals surface area contributed by atoms with Crippen molar-refractivity contribution in [1.82, 2.24) is 4.90 Å². The highest BCUT2D eigenvalue weighted by molar-refractivity contribution is 7.09. The topological polar surface area (TPSA) is 38.8 Å². The van der Waals surface area contributed by atoms with E-state index >= 15 is 0 Å². The highest BCUT2D eigenvalue weighted by atomic mass is 32.1. The molecule has 1 amide bonds. The molecule has 23 heavy (non-hydrogen) atoms. The van der Waals surface area contributed by atoms with E-state index in [0.29, 0.717) is 31.0 Å². The van der Waals surface area contributed by atoms with Crippen molar-refractivity contribution in [2.75, 3.05) is 20.8 Å². The van der Waals surface area contributed by atoms with Gasteiger partial charge in [-0.2, -0.15) is 0 Å². The SMILES string of the molecule is C=CCN(Cc1cccs1)C(=O)Cc1ccc(OC)c(OC)c1. The molecule has 0 aliphatic heterocycles. The van der Waals surface area contributed by atoms with Gasteiger partial charge in [0.15, 0.2) is 11.5 Å². The first kappa shape index (κ1) is 17.1. The van der Waals surface area contributed by atoms with E-state index in [1.54, 1.807) is 36.5 Å². The predicted octanol–water partition coefficient (Wildman–Crippen LogP) is 3.52. The lowest BCUT2D eigenvalue weighted by Gasteiger charge is -2.21. The zero-order valence-corrected chi connectivity index (χ0v) is 14.3. The highest BCUT2D eigenvalue weighted by Gasteiger charge is 2.15. The van der Waals surface area contributed by atoms with Crippen molar-refractivity contribution in [1.29, 1.82) is 0 Å². The molecule has 1 heterocycles. The van der Waals surface area contributed by atoms with Crippen LogP contribution in [0, 0.1) is 0 Å². The average Bonchev–Trinajstić information content (AvgIpc) is 3.07. The molecule has 0 bridgehead atoms. The molecule has 0 fully saturated rings. The summed E-state index contributed by atoms with van der Waals surface area (Å²) in [5.41, 5.74) is 0.896. The van der Waals surface area contributed by atoms with Crippen LogP contribution < -0.4 is 9.47 Å². The Kier molecular flexibility index (Phi) is 6.23. The summed E-state index contributed by atoms with van der Waals surface area (Å²) < 4.78 is 10.5. The molecule has 1 aromatic carbocycles. The van der Waals surface area contributed by atoms with Gasteiger partial charge in [0.1, 0.15) is 0 Å². The fourth-order valence-electron chi connectivity index (χ4n) is 2.28. The summed E-state index contributed by atoms with van der Waals surface area (Å²) in [6.07, 6.45) is 2.07. The molecule has 0 radical (unpaired) electrons. The highest BCUT2D eigenvalue weighted by Crippen LogP contribution is 2.28. The van der Waals surface area contributed by atoms with Crippen LogP contribution in [0.25, 0.3) is 0 Å². The molecular weight excluding hydrogens is 310 g/mol. The lowest BCUT2D eigenvalue weighted by molar-refractivity contribution is -0.130. The van der Waals surface area contributed by atoms with Crippen molar-refractivity contribution < 1.29 is 14.3 Å². The monoisotopic (exact) mass is 331 g/mol. The minimum atomic E-state index is 0.0607. The zero-order valence-electron chi connectivity index (χ0n) is 13.5. The van der Waals surface area contributed by atoms with Gasteiger partial charge in [0, 0.05) is 11.4 Å². The molecule has 2 aromatic rings. The van der Waals surface area contributed by atoms with E-state index in [-0.39, 0.29) is 5.91 Å². The number of hydrogen-bond acceptors (Lipinski definition) is 4. The van der Waals surface area contributed by atoms with E-state index < -0.39 is 0 Å². The second-order valence-electron chi connectivity index (χ2n) is 5.01. The van der Waals surface area contributed by atoms with Gasteiger partial charge >= 0.3 is 0 Å². The normalized spacial score (nSPS) is 10.2. The summed E-state index contributed by atoms with van der Waals surface area (Å²) in [4.78, 5) is 15.6. The quantitative estimate of drug-likeness (QED) is 0.695. The van der Waals surface area contributed by atoms with Gasteiger partial charge in [-0.15, -0.1) is 17.9 Å². The zero-order chi connectivity index (χ0) is 16.7. The first-order valence-corrected chi connectivity index (χ1v) is 8.17. The van der Waals surface area contributed by atoms with Gasteiger partial charge in [-0.1, -0.05) is 18.2 Å². The third-order valence-electron chi connectivity index (χ3n) is 3.43. The Morgan fingerprint density at radius 2 is 2.04 bits per heavy atom. The van der Waals surface area contributed by atoms with Crippen LogP contribution >= 0.6 is 11.3 Å². The molecule has 0 atom stereocenters. The fraction of sp³-hybridized carbons (Fsp3) is 0.278. The van der Waals surface area contributed by atoms with E-state index in [9.17, 15) is 4.79 Å². The third-order valence-corrected chi connectivity index (χ3v) is 4.29. The lowest BCUT2D eigenvalue weighted by atomic mass is 10.1. The molecule has 2 rings (SSSR count). The standard InChI is InChI=1S/C18H21NO3S/c1-4-9-19(13-15-6-5-10-23-15)18(20)12-14-7-8-16(21-2)17(11-14)22-3/h4-8,10-11H,1,9,12-13H2,2-3H3. The van der Waals surface area contributed by atoms with E-state index in [2.05, 4.69) is 6.58 Å². The summed E-state index contributed by atoms with van der Waals surface area (Å²) >= 11 is 1.65. The largest absolute Gasteiger partial charge is 0.493 e. The molecule has 5 heteroatoms. The molecule has 0 aliphatic carbocycles. The fourth-order valence-corrected chi connectivity index (χ4v) is 3.00. The van der Waals surface area contributed by atoms with E-state index in [4.69, 9.17) is 9.47 Å². The van der Waals surface area contributed by atoms with E-state index in [1.807, 2.05) is 35.7 Å². The first-order chi connectivity index (χ1) is 11.2. The minimum absolute atomic E-state index is 0.0607. The van der Waals surface area contributed by atoms with E-state index in [1.165, 1.54) is 0 Å². The van der Waals surface area contributed by atoms with Gasteiger partial charge in [-0.3, -0.25) is 4.79 Å². The van der Waals surface area contributed by atoms with Crippen LogP contribution in [0.15, 0.2) is 48.4 Å². The molecular formula is C18H21NO3S. The second-order valence-corrected chi connectivity index (χ2v) is 6.04. The number of amides is 1. The van der Waals surface area contributed by atoms with Gasteiger partial charge in [-0.25, -0.2) is 0 Å². The summed E-state index contributed by atoms with van der Waals surface area (Å²) in [6.45, 7) is 4.88. The van der Waals surface area contributed by atoms with Gasteiger partial charge in [-0.05, 0) is 29.1 Å². The number of nitrogens with zero attached hydrogens (tertiary/aromatic N) is 1. The van der Waals surface area contributed by atoms with Crippen molar-refractivity contribution in [2.45, 2.75) is 13.0 Å². The van der Waals surface area contributed by atoms with Crippen LogP contribution in [0.1, 0.15) is 10.4 Å². The number of carbonyl (C=O) groups is 1. The van der Waals surface area contributed by atoms with Crippen LogP contribution in [0.3, 0.4) is 0 Å². The van der Waals surface area contributed by atoms with Gasteiger partial charge in [0.2, 0.25) is 5.91 Å². The van der Waals surface area contributed by atoms with Gasteiger partial charge in [0.25, 0.3) is 0 Å². The maximum atomic E-state index is 12.6. The molecule has 4 nitrogen and oxygen atoms in total. The summed E-state index contributed by atoms with van der Waals surface area (Å²) in [7, 11) is 3.18. The Hall–Kier alpha value is -2.27. The number of benzene rings is 1. The van der Waals surface area contributed by atoms with Crippen molar-refractivity contribution >= 4 is 17.2 Å². The molecule has 0 aliphatic rings. The predicted molar refractivity (Wildman–Crippen MR) is 93.2 cm³/mol. The number of carbonyl (C=O) groups excluding carboxylic acids is 1. The van der Waals surface area contributed by atoms with E-state index in [0.717, 1.165) is 10.4 Å². The number of hydrogen-bond donors (Lipinski definition) is 0. The summed E-state index contributed by atoms with van der Waals surface area (Å²) in [5.74, 6) is 1.35. The maximum absolute atomic E-state index is 12.6. The molecule has 122 valence electrons. The number of thiophene rings is 1. The molecule has 0 saturated heterocycles. The molecule has 1 aromatic heterocycles. The van der Waals surface area contributed by atoms with Crippen LogP contribution in [-0.2, 0) is 17.8 Å². The van der Waals surface area contributed by atoms with Crippen molar-refractivity contribution in [3.8, 4) is 11.5 Å². The Morgan fingerprint density at radius 1 is 1.26 bits per heavy atom. The second kappa shape index (κ2) is 8.39. The Bertz CT molecular complexity index is 652. The molecule has 0 N–H and O–H groups in total. The van der Waals surface area contributed by atoms with Crippen LogP contribution in [0.2, 0.25) is 0 Å². The summed E-state index contributed by atoms with van der Waals surface area (Å²) in [6, 6.07) is 9.57. The Morgan fingerprint density at radius 3 is 2.65 bits per heavy atom. The van der Waals surface area contributed by atoms with Crippen LogP contribution in [-0.4, -0.2) is 31.6 Å². The van der Waals surface area contributed by atoms with Crippen LogP contribution in [0.4, 0.5) is 0 Å². The van der Waals surface area contributed by atoms with Crippen LogP contribution in [0.5, 0.6) is 11.5 Å². The van der Waals surface area contributed by atoms with Crippen molar-refractivity contribution in [3.63, 3.8) is 0 Å². The molecule has 0 unspecified atom stereocenters. The Balaban J connectivity index is 2.10. The third kappa shape index (κ3) is 4.60.